The first-order valence-electron chi connectivity index (χ1n) is 6.76. The first-order chi connectivity index (χ1) is 10.1. The molecule has 2 unspecified atom stereocenters. The van der Waals surface area contributed by atoms with Crippen LogP contribution >= 0.6 is 0 Å². The van der Waals surface area contributed by atoms with Crippen LogP contribution in [-0.4, -0.2) is 51.2 Å². The van der Waals surface area contributed by atoms with Crippen molar-refractivity contribution in [1.82, 2.24) is 15.0 Å². The topological polar surface area (TPSA) is 132 Å². The first kappa shape index (κ1) is 15.9. The number of nitrogens with two attached hydrogens (primary N) is 1. The van der Waals surface area contributed by atoms with Gasteiger partial charge in [0.1, 0.15) is 18.0 Å². The van der Waals surface area contributed by atoms with Crippen LogP contribution in [0.1, 0.15) is 19.6 Å². The summed E-state index contributed by atoms with van der Waals surface area (Å²) in [4.78, 5) is 20.9. The molecule has 118 valence electrons. The minimum atomic E-state index is -1.08. The molecule has 1 aliphatic heterocycles. The van der Waals surface area contributed by atoms with Gasteiger partial charge in [-0.1, -0.05) is 6.92 Å². The van der Waals surface area contributed by atoms with E-state index in [0.717, 1.165) is 6.42 Å². The van der Waals surface area contributed by atoms with E-state index in [1.54, 1.807) is 0 Å². The van der Waals surface area contributed by atoms with Gasteiger partial charge in [-0.2, -0.15) is 4.98 Å². The molecule has 9 heteroatoms. The van der Waals surface area contributed by atoms with E-state index in [1.807, 2.05) is 6.92 Å². The van der Waals surface area contributed by atoms with Crippen molar-refractivity contribution >= 4 is 5.82 Å². The van der Waals surface area contributed by atoms with Crippen molar-refractivity contribution in [2.24, 2.45) is 0 Å². The van der Waals surface area contributed by atoms with Gasteiger partial charge >= 0.3 is 5.69 Å². The maximum absolute atomic E-state index is 11.9. The molecule has 5 N–H and O–H groups in total. The highest BCUT2D eigenvalue weighted by Crippen LogP contribution is 2.30. The molecule has 0 aromatic carbocycles. The van der Waals surface area contributed by atoms with Crippen molar-refractivity contribution in [1.29, 1.82) is 0 Å². The Kier molecular flexibility index (Phi) is 5.26. The van der Waals surface area contributed by atoms with E-state index < -0.39 is 30.2 Å². The number of anilines is 1. The largest absolute Gasteiger partial charge is 0.394 e. The summed E-state index contributed by atoms with van der Waals surface area (Å²) in [5.74, 6) is 0.0927. The van der Waals surface area contributed by atoms with Gasteiger partial charge in [0.2, 0.25) is 0 Å². The van der Waals surface area contributed by atoms with Gasteiger partial charge in [-0.3, -0.25) is 9.40 Å². The third-order valence-electron chi connectivity index (χ3n) is 3.19. The molecule has 1 fully saturated rings. The number of hydroxylamine groups is 1. The normalized spacial score (nSPS) is 28.9. The van der Waals surface area contributed by atoms with Crippen molar-refractivity contribution in [2.75, 3.05) is 18.9 Å². The Balaban J connectivity index is 2.23. The predicted octanol–water partition coefficient (Wildman–Crippen LogP) is -1.62. The fourth-order valence-corrected chi connectivity index (χ4v) is 2.10. The van der Waals surface area contributed by atoms with Gasteiger partial charge in [-0.15, -0.1) is 0 Å². The van der Waals surface area contributed by atoms with Crippen molar-refractivity contribution in [3.8, 4) is 0 Å². The summed E-state index contributed by atoms with van der Waals surface area (Å²) < 4.78 is 6.66. The second-order valence-electron chi connectivity index (χ2n) is 4.76. The standard InChI is InChI=1S/C12H20N4O5/c1-2-4-14-21-10-9(18)7(6-17)20-11(10)16-5-3-8(13)15-12(16)19/h3,5,7,9-11,14,17-18H,2,4,6H2,1H3,(H2,13,15,19)/t7-,9?,10?,11-/m1/s1. The lowest BCUT2D eigenvalue weighted by Crippen LogP contribution is -2.41. The van der Waals surface area contributed by atoms with E-state index in [4.69, 9.17) is 15.3 Å². The Labute approximate surface area is 121 Å². The van der Waals surface area contributed by atoms with Crippen LogP contribution in [0.5, 0.6) is 0 Å². The average Bonchev–Trinajstić information content (AvgIpc) is 2.76. The molecule has 0 radical (unpaired) electrons. The van der Waals surface area contributed by atoms with Crippen molar-refractivity contribution < 1.29 is 19.8 Å². The minimum absolute atomic E-state index is 0.0927. The number of aliphatic hydroxyl groups is 2. The van der Waals surface area contributed by atoms with Gasteiger partial charge in [-0.05, 0) is 12.5 Å². The number of nitrogens with zero attached hydrogens (tertiary/aromatic N) is 2. The lowest BCUT2D eigenvalue weighted by atomic mass is 10.1. The average molecular weight is 300 g/mol. The Morgan fingerprint density at radius 2 is 2.38 bits per heavy atom. The molecule has 2 rings (SSSR count). The Morgan fingerprint density at radius 1 is 1.62 bits per heavy atom. The molecular formula is C12H20N4O5. The van der Waals surface area contributed by atoms with Crippen LogP contribution in [0, 0.1) is 0 Å². The van der Waals surface area contributed by atoms with E-state index in [1.165, 1.54) is 16.8 Å². The highest BCUT2D eigenvalue weighted by atomic mass is 16.7. The molecule has 1 aliphatic rings. The number of hydrogen-bond acceptors (Lipinski definition) is 8. The zero-order chi connectivity index (χ0) is 15.4. The number of aliphatic hydroxyl groups excluding tert-OH is 2. The maximum atomic E-state index is 11.9. The van der Waals surface area contributed by atoms with Gasteiger partial charge in [0, 0.05) is 12.7 Å². The molecule has 21 heavy (non-hydrogen) atoms. The lowest BCUT2D eigenvalue weighted by molar-refractivity contribution is -0.111. The molecule has 0 bridgehead atoms. The summed E-state index contributed by atoms with van der Waals surface area (Å²) >= 11 is 0. The monoisotopic (exact) mass is 300 g/mol. The molecule has 1 aromatic heterocycles. The van der Waals surface area contributed by atoms with E-state index in [2.05, 4.69) is 10.5 Å². The van der Waals surface area contributed by atoms with Crippen LogP contribution < -0.4 is 16.9 Å². The van der Waals surface area contributed by atoms with Gasteiger partial charge in [0.05, 0.1) is 6.61 Å². The smallest absolute Gasteiger partial charge is 0.351 e. The van der Waals surface area contributed by atoms with Crippen LogP contribution in [-0.2, 0) is 9.57 Å². The SMILES string of the molecule is CCCNOC1C(O)[C@@H](CO)O[C@H]1n1ccc(N)nc1=O. The Bertz CT molecular complexity index is 523. The van der Waals surface area contributed by atoms with Crippen LogP contribution in [0.3, 0.4) is 0 Å². The predicted molar refractivity (Wildman–Crippen MR) is 73.1 cm³/mol. The van der Waals surface area contributed by atoms with Crippen LogP contribution in [0.2, 0.25) is 0 Å². The van der Waals surface area contributed by atoms with Gasteiger partial charge in [-0.25, -0.2) is 10.3 Å². The second kappa shape index (κ2) is 6.96. The minimum Gasteiger partial charge on any atom is -0.394 e. The molecule has 1 saturated heterocycles. The van der Waals surface area contributed by atoms with E-state index in [0.29, 0.717) is 6.54 Å². The fourth-order valence-electron chi connectivity index (χ4n) is 2.10. The number of nitrogens with one attached hydrogen (secondary N) is 1. The highest BCUT2D eigenvalue weighted by Gasteiger charge is 2.46. The number of hydrogen-bond donors (Lipinski definition) is 4. The molecule has 1 aromatic rings. The van der Waals surface area contributed by atoms with E-state index in [9.17, 15) is 15.0 Å². The number of ether oxygens (including phenoxy) is 1. The lowest BCUT2D eigenvalue weighted by Gasteiger charge is -2.21. The van der Waals surface area contributed by atoms with Gasteiger partial charge in [0.15, 0.2) is 12.3 Å². The zero-order valence-electron chi connectivity index (χ0n) is 11.7. The molecule has 0 amide bonds. The summed E-state index contributed by atoms with van der Waals surface area (Å²) in [6.07, 6.45) is -1.42. The van der Waals surface area contributed by atoms with Gasteiger partial charge < -0.3 is 20.7 Å². The Hall–Kier alpha value is -1.52. The highest BCUT2D eigenvalue weighted by molar-refractivity contribution is 5.23. The quantitative estimate of drug-likeness (QED) is 0.364. The molecule has 4 atom stereocenters. The van der Waals surface area contributed by atoms with Crippen molar-refractivity contribution in [2.45, 2.75) is 37.9 Å². The van der Waals surface area contributed by atoms with E-state index >= 15 is 0 Å². The molecule has 0 spiro atoms. The van der Waals surface area contributed by atoms with Crippen LogP contribution in [0.25, 0.3) is 0 Å². The maximum Gasteiger partial charge on any atom is 0.351 e. The molecule has 2 heterocycles. The summed E-state index contributed by atoms with van der Waals surface area (Å²) in [6, 6.07) is 1.44. The second-order valence-corrected chi connectivity index (χ2v) is 4.76. The molecule has 0 saturated carbocycles. The third kappa shape index (κ3) is 3.39. The summed E-state index contributed by atoms with van der Waals surface area (Å²) in [6.45, 7) is 2.15. The Morgan fingerprint density at radius 3 is 3.00 bits per heavy atom. The number of aromatic nitrogens is 2. The number of nitrogen functional groups attached to an aromatic ring is 1. The van der Waals surface area contributed by atoms with E-state index in [-0.39, 0.29) is 12.4 Å². The molecular weight excluding hydrogens is 280 g/mol. The number of rotatable bonds is 6. The van der Waals surface area contributed by atoms with Crippen LogP contribution in [0.15, 0.2) is 17.1 Å². The molecule has 0 aliphatic carbocycles. The van der Waals surface area contributed by atoms with Gasteiger partial charge in [0.25, 0.3) is 0 Å². The van der Waals surface area contributed by atoms with Crippen molar-refractivity contribution in [3.05, 3.63) is 22.7 Å². The van der Waals surface area contributed by atoms with Crippen LogP contribution in [0.4, 0.5) is 5.82 Å². The summed E-state index contributed by atoms with van der Waals surface area (Å²) in [5.41, 5.74) is 7.53. The zero-order valence-corrected chi connectivity index (χ0v) is 11.7. The fraction of sp³-hybridized carbons (Fsp3) is 0.667. The third-order valence-corrected chi connectivity index (χ3v) is 3.19. The van der Waals surface area contributed by atoms with Crippen molar-refractivity contribution in [3.63, 3.8) is 0 Å². The summed E-state index contributed by atoms with van der Waals surface area (Å²) in [5, 5.41) is 19.3. The summed E-state index contributed by atoms with van der Waals surface area (Å²) in [7, 11) is 0. The molecule has 9 nitrogen and oxygen atoms in total. The first-order valence-corrected chi connectivity index (χ1v) is 6.76.